The van der Waals surface area contributed by atoms with Crippen molar-refractivity contribution in [1.29, 1.82) is 0 Å². The molecule has 2 fully saturated rings. The van der Waals surface area contributed by atoms with Gasteiger partial charge in [0.05, 0.1) is 17.9 Å². The van der Waals surface area contributed by atoms with Crippen molar-refractivity contribution >= 4 is 17.3 Å². The molecule has 3 rings (SSSR count). The fraction of sp³-hybridized carbons (Fsp3) is 0.562. The van der Waals surface area contributed by atoms with E-state index in [0.29, 0.717) is 12.2 Å². The molecule has 2 aliphatic rings. The maximum absolute atomic E-state index is 12.1. The number of nitrogens with two attached hydrogens (primary N) is 1. The van der Waals surface area contributed by atoms with Crippen LogP contribution in [0.4, 0.5) is 11.4 Å². The van der Waals surface area contributed by atoms with Crippen LogP contribution in [0.5, 0.6) is 0 Å². The van der Waals surface area contributed by atoms with Crippen molar-refractivity contribution in [3.05, 3.63) is 23.8 Å². The molecule has 1 aromatic rings. The molecule has 1 aliphatic heterocycles. The smallest absolute Gasteiger partial charge is 0.238 e. The molecule has 2 unspecified atom stereocenters. The zero-order chi connectivity index (χ0) is 14.1. The van der Waals surface area contributed by atoms with Crippen molar-refractivity contribution in [1.82, 2.24) is 4.90 Å². The van der Waals surface area contributed by atoms with E-state index in [9.17, 15) is 4.79 Å². The molecule has 4 heteroatoms. The number of carbonyl (C=O) groups is 1. The summed E-state index contributed by atoms with van der Waals surface area (Å²) in [6, 6.07) is 5.73. The molecule has 0 bridgehead atoms. The third-order valence-electron chi connectivity index (χ3n) is 4.65. The first kappa shape index (κ1) is 13.4. The maximum atomic E-state index is 12.1. The number of nitrogens with one attached hydrogen (secondary N) is 1. The Balaban J connectivity index is 1.55. The van der Waals surface area contributed by atoms with Crippen molar-refractivity contribution in [2.45, 2.75) is 26.2 Å². The number of aryl methyl sites for hydroxylation is 1. The number of amides is 1. The number of anilines is 2. The van der Waals surface area contributed by atoms with E-state index in [-0.39, 0.29) is 5.91 Å². The lowest BCUT2D eigenvalue weighted by molar-refractivity contribution is -0.117. The van der Waals surface area contributed by atoms with Crippen LogP contribution in [0.2, 0.25) is 0 Å². The van der Waals surface area contributed by atoms with Crippen molar-refractivity contribution in [3.63, 3.8) is 0 Å². The molecule has 0 radical (unpaired) electrons. The van der Waals surface area contributed by atoms with Gasteiger partial charge in [-0.1, -0.05) is 12.5 Å². The second-order valence-electron chi connectivity index (χ2n) is 6.28. The standard InChI is InChI=1S/C16H23N3O/c1-11-5-6-15(14(17)7-11)18-16(20)10-19-8-12-3-2-4-13(12)9-19/h5-7,12-13H,2-4,8-10,17H2,1H3,(H,18,20). The van der Waals surface area contributed by atoms with E-state index in [1.807, 2.05) is 25.1 Å². The summed E-state index contributed by atoms with van der Waals surface area (Å²) in [5, 5.41) is 2.92. The Morgan fingerprint density at radius 1 is 1.35 bits per heavy atom. The molecule has 108 valence electrons. The molecule has 20 heavy (non-hydrogen) atoms. The predicted octanol–water partition coefficient (Wildman–Crippen LogP) is 2.25. The first-order valence-electron chi connectivity index (χ1n) is 7.50. The first-order chi connectivity index (χ1) is 9.61. The molecular formula is C16H23N3O. The van der Waals surface area contributed by atoms with Crippen LogP contribution in [-0.2, 0) is 4.79 Å². The molecule has 1 amide bonds. The summed E-state index contributed by atoms with van der Waals surface area (Å²) in [7, 11) is 0. The number of benzene rings is 1. The first-order valence-corrected chi connectivity index (χ1v) is 7.50. The van der Waals surface area contributed by atoms with Crippen LogP contribution < -0.4 is 11.1 Å². The van der Waals surface area contributed by atoms with Gasteiger partial charge in [-0.2, -0.15) is 0 Å². The Morgan fingerprint density at radius 3 is 2.70 bits per heavy atom. The summed E-state index contributed by atoms with van der Waals surface area (Å²) in [5.74, 6) is 1.69. The van der Waals surface area contributed by atoms with Crippen molar-refractivity contribution < 1.29 is 4.79 Å². The highest BCUT2D eigenvalue weighted by atomic mass is 16.2. The van der Waals surface area contributed by atoms with Gasteiger partial charge in [0.25, 0.3) is 0 Å². The van der Waals surface area contributed by atoms with Gasteiger partial charge in [-0.05, 0) is 49.3 Å². The normalized spacial score (nSPS) is 25.6. The molecule has 1 saturated heterocycles. The van der Waals surface area contributed by atoms with Gasteiger partial charge in [-0.3, -0.25) is 9.69 Å². The topological polar surface area (TPSA) is 58.4 Å². The second kappa shape index (κ2) is 5.44. The van der Waals surface area contributed by atoms with Gasteiger partial charge in [0, 0.05) is 13.1 Å². The van der Waals surface area contributed by atoms with Gasteiger partial charge in [-0.15, -0.1) is 0 Å². The quantitative estimate of drug-likeness (QED) is 0.830. The highest BCUT2D eigenvalue weighted by Crippen LogP contribution is 2.37. The lowest BCUT2D eigenvalue weighted by Crippen LogP contribution is -2.32. The summed E-state index contributed by atoms with van der Waals surface area (Å²) in [4.78, 5) is 14.4. The number of rotatable bonds is 3. The number of carbonyl (C=O) groups excluding carboxylic acids is 1. The second-order valence-corrected chi connectivity index (χ2v) is 6.28. The summed E-state index contributed by atoms with van der Waals surface area (Å²) < 4.78 is 0. The number of nitrogens with zero attached hydrogens (tertiary/aromatic N) is 1. The number of fused-ring (bicyclic) bond motifs is 1. The van der Waals surface area contributed by atoms with E-state index in [4.69, 9.17) is 5.73 Å². The van der Waals surface area contributed by atoms with Gasteiger partial charge >= 0.3 is 0 Å². The molecular weight excluding hydrogens is 250 g/mol. The van der Waals surface area contributed by atoms with E-state index >= 15 is 0 Å². The van der Waals surface area contributed by atoms with Crippen LogP contribution >= 0.6 is 0 Å². The third kappa shape index (κ3) is 2.80. The zero-order valence-electron chi connectivity index (χ0n) is 12.1. The fourth-order valence-electron chi connectivity index (χ4n) is 3.65. The molecule has 0 aromatic heterocycles. The van der Waals surface area contributed by atoms with Crippen LogP contribution in [0.3, 0.4) is 0 Å². The van der Waals surface area contributed by atoms with Gasteiger partial charge in [-0.25, -0.2) is 0 Å². The van der Waals surface area contributed by atoms with Crippen LogP contribution in [0, 0.1) is 18.8 Å². The van der Waals surface area contributed by atoms with E-state index < -0.39 is 0 Å². The van der Waals surface area contributed by atoms with Crippen LogP contribution in [0.15, 0.2) is 18.2 Å². The van der Waals surface area contributed by atoms with Crippen molar-refractivity contribution in [2.75, 3.05) is 30.7 Å². The van der Waals surface area contributed by atoms with Crippen molar-refractivity contribution in [2.24, 2.45) is 11.8 Å². The largest absolute Gasteiger partial charge is 0.397 e. The highest BCUT2D eigenvalue weighted by molar-refractivity contribution is 5.95. The Bertz CT molecular complexity index is 502. The van der Waals surface area contributed by atoms with Gasteiger partial charge in [0.1, 0.15) is 0 Å². The number of hydrogen-bond acceptors (Lipinski definition) is 3. The summed E-state index contributed by atoms with van der Waals surface area (Å²) in [6.45, 7) is 4.65. The minimum Gasteiger partial charge on any atom is -0.397 e. The molecule has 3 N–H and O–H groups in total. The van der Waals surface area contributed by atoms with Gasteiger partial charge < -0.3 is 11.1 Å². The molecule has 1 heterocycles. The average Bonchev–Trinajstić information content (AvgIpc) is 2.93. The van der Waals surface area contributed by atoms with Crippen LogP contribution in [0.1, 0.15) is 24.8 Å². The zero-order valence-corrected chi connectivity index (χ0v) is 12.1. The summed E-state index contributed by atoms with van der Waals surface area (Å²) in [5.41, 5.74) is 8.39. The van der Waals surface area contributed by atoms with Crippen molar-refractivity contribution in [3.8, 4) is 0 Å². The Morgan fingerprint density at radius 2 is 2.05 bits per heavy atom. The summed E-state index contributed by atoms with van der Waals surface area (Å²) >= 11 is 0. The van der Waals surface area contributed by atoms with E-state index in [1.165, 1.54) is 19.3 Å². The minimum atomic E-state index is 0.0422. The molecule has 2 atom stereocenters. The lowest BCUT2D eigenvalue weighted by atomic mass is 10.0. The van der Waals surface area contributed by atoms with E-state index in [1.54, 1.807) is 0 Å². The molecule has 4 nitrogen and oxygen atoms in total. The lowest BCUT2D eigenvalue weighted by Gasteiger charge is -2.17. The number of likely N-dealkylation sites (tertiary alicyclic amines) is 1. The number of nitrogen functional groups attached to an aromatic ring is 1. The molecule has 1 aromatic carbocycles. The Hall–Kier alpha value is -1.55. The third-order valence-corrected chi connectivity index (χ3v) is 4.65. The minimum absolute atomic E-state index is 0.0422. The maximum Gasteiger partial charge on any atom is 0.238 e. The molecule has 1 aliphatic carbocycles. The van der Waals surface area contributed by atoms with Crippen LogP contribution in [-0.4, -0.2) is 30.4 Å². The van der Waals surface area contributed by atoms with E-state index in [2.05, 4.69) is 10.2 Å². The Kier molecular flexibility index (Phi) is 3.66. The molecule has 1 saturated carbocycles. The SMILES string of the molecule is Cc1ccc(NC(=O)CN2CC3CCCC3C2)c(N)c1. The fourth-order valence-corrected chi connectivity index (χ4v) is 3.65. The number of hydrogen-bond donors (Lipinski definition) is 2. The monoisotopic (exact) mass is 273 g/mol. The van der Waals surface area contributed by atoms with Crippen LogP contribution in [0.25, 0.3) is 0 Å². The highest BCUT2D eigenvalue weighted by Gasteiger charge is 2.36. The predicted molar refractivity (Wildman–Crippen MR) is 81.5 cm³/mol. The molecule has 0 spiro atoms. The van der Waals surface area contributed by atoms with Gasteiger partial charge in [0.2, 0.25) is 5.91 Å². The Labute approximate surface area is 120 Å². The van der Waals surface area contributed by atoms with E-state index in [0.717, 1.165) is 36.2 Å². The average molecular weight is 273 g/mol. The van der Waals surface area contributed by atoms with Gasteiger partial charge in [0.15, 0.2) is 0 Å². The summed E-state index contributed by atoms with van der Waals surface area (Å²) in [6.07, 6.45) is 4.05.